The van der Waals surface area contributed by atoms with E-state index in [1.165, 1.54) is 11.1 Å². The number of ether oxygens (including phenoxy) is 1. The SMILES string of the molecule is CN1C/C=C/CCCCN2C[C@@]3(CCCc4cc(Cl)ccc43)COc3ccc(cc32)[C@H](C(=O)O)CCC1=O. The van der Waals surface area contributed by atoms with Gasteiger partial charge >= 0.3 is 5.97 Å². The first-order chi connectivity index (χ1) is 18.4. The van der Waals surface area contributed by atoms with E-state index in [0.29, 0.717) is 13.2 Å². The zero-order valence-corrected chi connectivity index (χ0v) is 22.9. The monoisotopic (exact) mass is 536 g/mol. The van der Waals surface area contributed by atoms with E-state index in [0.717, 1.165) is 73.6 Å². The average Bonchev–Trinajstić information content (AvgIpc) is 3.04. The smallest absolute Gasteiger partial charge is 0.310 e. The minimum Gasteiger partial charge on any atom is -0.490 e. The number of halogens is 1. The van der Waals surface area contributed by atoms with Crippen LogP contribution in [-0.2, 0) is 21.4 Å². The summed E-state index contributed by atoms with van der Waals surface area (Å²) in [7, 11) is 1.77. The molecule has 2 bridgehead atoms. The number of anilines is 1. The van der Waals surface area contributed by atoms with Gasteiger partial charge in [-0.15, -0.1) is 0 Å². The summed E-state index contributed by atoms with van der Waals surface area (Å²) in [4.78, 5) is 29.1. The summed E-state index contributed by atoms with van der Waals surface area (Å²) in [5.41, 5.74) is 4.15. The highest BCUT2D eigenvalue weighted by Crippen LogP contribution is 2.45. The van der Waals surface area contributed by atoms with Gasteiger partial charge in [-0.2, -0.15) is 0 Å². The van der Waals surface area contributed by atoms with Crippen molar-refractivity contribution in [2.24, 2.45) is 0 Å². The molecule has 2 atom stereocenters. The molecule has 2 aromatic carbocycles. The Balaban J connectivity index is 1.52. The Morgan fingerprint density at radius 2 is 1.97 bits per heavy atom. The van der Waals surface area contributed by atoms with Gasteiger partial charge in [0.2, 0.25) is 5.91 Å². The number of hydrogen-bond acceptors (Lipinski definition) is 4. The van der Waals surface area contributed by atoms with Crippen LogP contribution in [0.5, 0.6) is 5.75 Å². The molecular weight excluding hydrogens is 500 g/mol. The lowest BCUT2D eigenvalue weighted by Crippen LogP contribution is -2.46. The minimum atomic E-state index is -0.905. The van der Waals surface area contributed by atoms with Gasteiger partial charge in [-0.05, 0) is 85.9 Å². The molecule has 0 saturated carbocycles. The second-order valence-electron chi connectivity index (χ2n) is 11.0. The predicted molar refractivity (Wildman–Crippen MR) is 150 cm³/mol. The van der Waals surface area contributed by atoms with Crippen molar-refractivity contribution in [1.82, 2.24) is 4.90 Å². The van der Waals surface area contributed by atoms with E-state index in [9.17, 15) is 14.7 Å². The zero-order chi connectivity index (χ0) is 26.7. The number of nitrogens with zero attached hydrogens (tertiary/aromatic N) is 2. The Kier molecular flexibility index (Phi) is 7.98. The van der Waals surface area contributed by atoms with E-state index in [1.807, 2.05) is 30.3 Å². The van der Waals surface area contributed by atoms with Crippen molar-refractivity contribution in [2.75, 3.05) is 38.2 Å². The lowest BCUT2D eigenvalue weighted by molar-refractivity contribution is -0.139. The standard InChI is InChI=1S/C31H37ClN2O4/c1-33-16-5-3-2-4-6-17-34-20-31(15-7-8-23-18-24(32)10-12-26(23)31)21-38-28-13-9-22(19-27(28)34)25(30(36)37)11-14-29(33)35/h3,5,9-10,12-13,18-19,25H,2,4,6-8,11,14-17,20-21H2,1H3,(H,36,37)/b5-3+/t25-,31+/m1/s1. The number of benzene rings is 2. The lowest BCUT2D eigenvalue weighted by Gasteiger charge is -2.41. The summed E-state index contributed by atoms with van der Waals surface area (Å²) in [5, 5.41) is 10.9. The van der Waals surface area contributed by atoms with Crippen molar-refractivity contribution in [1.29, 1.82) is 0 Å². The van der Waals surface area contributed by atoms with Gasteiger partial charge in [-0.25, -0.2) is 0 Å². The molecule has 0 saturated heterocycles. The summed E-state index contributed by atoms with van der Waals surface area (Å²) in [6.07, 6.45) is 10.8. The molecule has 0 aromatic heterocycles. The van der Waals surface area contributed by atoms with Crippen molar-refractivity contribution in [2.45, 2.75) is 62.7 Å². The first-order valence-corrected chi connectivity index (χ1v) is 14.2. The molecule has 2 aromatic rings. The molecule has 0 radical (unpaired) electrons. The molecular formula is C31H37ClN2O4. The molecule has 1 aliphatic carbocycles. The maximum Gasteiger partial charge on any atom is 0.310 e. The number of likely N-dealkylation sites (N-methyl/N-ethyl adjacent to an activating group) is 1. The van der Waals surface area contributed by atoms with Crippen molar-refractivity contribution >= 4 is 29.2 Å². The molecule has 38 heavy (non-hydrogen) atoms. The molecule has 1 spiro atoms. The van der Waals surface area contributed by atoms with Crippen LogP contribution in [-0.4, -0.2) is 55.2 Å². The Bertz CT molecular complexity index is 1230. The van der Waals surface area contributed by atoms with Gasteiger partial charge in [0.15, 0.2) is 0 Å². The van der Waals surface area contributed by atoms with Crippen molar-refractivity contribution in [3.63, 3.8) is 0 Å². The molecule has 0 fully saturated rings. The maximum absolute atomic E-state index is 12.7. The third kappa shape index (κ3) is 5.56. The summed E-state index contributed by atoms with van der Waals surface area (Å²) < 4.78 is 6.53. The van der Waals surface area contributed by atoms with Gasteiger partial charge in [0.05, 0.1) is 18.2 Å². The number of rotatable bonds is 1. The number of fused-ring (bicyclic) bond motifs is 3. The lowest BCUT2D eigenvalue weighted by atomic mass is 9.70. The first-order valence-electron chi connectivity index (χ1n) is 13.8. The van der Waals surface area contributed by atoms with Crippen LogP contribution in [0.25, 0.3) is 0 Å². The number of aliphatic carboxylic acids is 1. The number of carbonyl (C=O) groups excluding carboxylic acids is 1. The van der Waals surface area contributed by atoms with Crippen LogP contribution in [0.1, 0.15) is 67.6 Å². The highest BCUT2D eigenvalue weighted by molar-refractivity contribution is 6.30. The zero-order valence-electron chi connectivity index (χ0n) is 22.1. The number of hydrogen-bond donors (Lipinski definition) is 1. The van der Waals surface area contributed by atoms with Gasteiger partial charge in [-0.1, -0.05) is 35.9 Å². The van der Waals surface area contributed by atoms with Crippen molar-refractivity contribution < 1.29 is 19.4 Å². The van der Waals surface area contributed by atoms with Crippen molar-refractivity contribution in [3.05, 3.63) is 70.3 Å². The Labute approximate surface area is 230 Å². The molecule has 1 amide bonds. The van der Waals surface area contributed by atoms with Crippen LogP contribution in [0.15, 0.2) is 48.6 Å². The Hall–Kier alpha value is -2.99. The van der Waals surface area contributed by atoms with Crippen LogP contribution in [0.3, 0.4) is 0 Å². The summed E-state index contributed by atoms with van der Waals surface area (Å²) in [5.74, 6) is -0.895. The second-order valence-corrected chi connectivity index (χ2v) is 11.5. The number of carbonyl (C=O) groups is 2. The molecule has 1 N–H and O–H groups in total. The van der Waals surface area contributed by atoms with Gasteiger partial charge < -0.3 is 19.6 Å². The third-order valence-corrected chi connectivity index (χ3v) is 8.66. The van der Waals surface area contributed by atoms with Crippen LogP contribution in [0.4, 0.5) is 5.69 Å². The van der Waals surface area contributed by atoms with E-state index in [4.69, 9.17) is 16.3 Å². The highest BCUT2D eigenvalue weighted by Gasteiger charge is 2.41. The number of amides is 1. The Morgan fingerprint density at radius 3 is 2.82 bits per heavy atom. The molecule has 6 nitrogen and oxygen atoms in total. The van der Waals surface area contributed by atoms with E-state index in [2.05, 4.69) is 23.1 Å². The van der Waals surface area contributed by atoms with E-state index >= 15 is 0 Å². The minimum absolute atomic E-state index is 0.0364. The van der Waals surface area contributed by atoms with Crippen LogP contribution < -0.4 is 9.64 Å². The molecule has 202 valence electrons. The molecule has 2 heterocycles. The van der Waals surface area contributed by atoms with E-state index < -0.39 is 11.9 Å². The topological polar surface area (TPSA) is 70.1 Å². The van der Waals surface area contributed by atoms with Gasteiger partial charge in [-0.3, -0.25) is 9.59 Å². The third-order valence-electron chi connectivity index (χ3n) is 8.43. The average molecular weight is 537 g/mol. The van der Waals surface area contributed by atoms with E-state index in [1.54, 1.807) is 11.9 Å². The molecule has 2 aliphatic heterocycles. The number of aryl methyl sites for hydroxylation is 1. The maximum atomic E-state index is 12.7. The van der Waals surface area contributed by atoms with Crippen LogP contribution in [0, 0.1) is 0 Å². The molecule has 3 aliphatic rings. The van der Waals surface area contributed by atoms with Crippen LogP contribution in [0.2, 0.25) is 5.02 Å². The van der Waals surface area contributed by atoms with Crippen LogP contribution >= 0.6 is 11.6 Å². The molecule has 0 unspecified atom stereocenters. The quantitative estimate of drug-likeness (QED) is 0.455. The molecule has 5 rings (SSSR count). The summed E-state index contributed by atoms with van der Waals surface area (Å²) in [6, 6.07) is 12.1. The number of allylic oxidation sites excluding steroid dienone is 1. The highest BCUT2D eigenvalue weighted by atomic mass is 35.5. The molecule has 7 heteroatoms. The normalized spacial score (nSPS) is 25.3. The first kappa shape index (κ1) is 26.6. The fraction of sp³-hybridized carbons (Fsp3) is 0.484. The summed E-state index contributed by atoms with van der Waals surface area (Å²) in [6.45, 7) is 2.81. The number of carboxylic acid groups (broad SMARTS) is 1. The van der Waals surface area contributed by atoms with Gasteiger partial charge in [0.25, 0.3) is 0 Å². The largest absolute Gasteiger partial charge is 0.490 e. The van der Waals surface area contributed by atoms with Crippen molar-refractivity contribution in [3.8, 4) is 5.75 Å². The van der Waals surface area contributed by atoms with E-state index in [-0.39, 0.29) is 24.2 Å². The predicted octanol–water partition coefficient (Wildman–Crippen LogP) is 5.96. The second kappa shape index (κ2) is 11.4. The fourth-order valence-electron chi connectivity index (χ4n) is 6.29. The van der Waals surface area contributed by atoms with Gasteiger partial charge in [0, 0.05) is 43.5 Å². The van der Waals surface area contributed by atoms with Gasteiger partial charge in [0.1, 0.15) is 5.75 Å². The fourth-order valence-corrected chi connectivity index (χ4v) is 6.49. The Morgan fingerprint density at radius 1 is 1.11 bits per heavy atom. The number of carboxylic acids is 1. The summed E-state index contributed by atoms with van der Waals surface area (Å²) >= 11 is 6.36.